The predicted octanol–water partition coefficient (Wildman–Crippen LogP) is 2.53. The molecule has 1 heterocycles. The minimum atomic E-state index is 0. The molecule has 0 aliphatic carbocycles. The Hall–Kier alpha value is -0.580. The standard InChI is InChI=1S/C13H22N2OS.ClH/c1-10(14-3)9-15-13(16)6-4-5-12-8-7-11(2)17-12;/h7-8,10,14H,4-6,9H2,1-3H3,(H,15,16);1H. The van der Waals surface area contributed by atoms with Gasteiger partial charge in [-0.05, 0) is 45.9 Å². The van der Waals surface area contributed by atoms with Crippen LogP contribution in [0.4, 0.5) is 0 Å². The predicted molar refractivity (Wildman–Crippen MR) is 80.8 cm³/mol. The van der Waals surface area contributed by atoms with Crippen molar-refractivity contribution in [2.45, 2.75) is 39.2 Å². The molecule has 1 unspecified atom stereocenters. The van der Waals surface area contributed by atoms with Gasteiger partial charge in [0.05, 0.1) is 0 Å². The molecule has 1 atom stereocenters. The smallest absolute Gasteiger partial charge is 0.220 e. The van der Waals surface area contributed by atoms with Crippen molar-refractivity contribution in [1.82, 2.24) is 10.6 Å². The van der Waals surface area contributed by atoms with E-state index in [-0.39, 0.29) is 18.3 Å². The van der Waals surface area contributed by atoms with Crippen molar-refractivity contribution in [3.63, 3.8) is 0 Å². The highest BCUT2D eigenvalue weighted by molar-refractivity contribution is 7.11. The zero-order valence-electron chi connectivity index (χ0n) is 11.3. The van der Waals surface area contributed by atoms with Gasteiger partial charge in [0.2, 0.25) is 5.91 Å². The highest BCUT2D eigenvalue weighted by atomic mass is 35.5. The Kier molecular flexibility index (Phi) is 9.06. The summed E-state index contributed by atoms with van der Waals surface area (Å²) in [4.78, 5) is 14.2. The fraction of sp³-hybridized carbons (Fsp3) is 0.615. The highest BCUT2D eigenvalue weighted by Gasteiger charge is 2.04. The number of hydrogen-bond donors (Lipinski definition) is 2. The Morgan fingerprint density at radius 1 is 1.44 bits per heavy atom. The van der Waals surface area contributed by atoms with E-state index in [4.69, 9.17) is 0 Å². The topological polar surface area (TPSA) is 41.1 Å². The van der Waals surface area contributed by atoms with Gasteiger partial charge < -0.3 is 10.6 Å². The van der Waals surface area contributed by atoms with Crippen LogP contribution < -0.4 is 10.6 Å². The number of rotatable bonds is 7. The summed E-state index contributed by atoms with van der Waals surface area (Å²) in [6, 6.07) is 4.62. The van der Waals surface area contributed by atoms with E-state index in [2.05, 4.69) is 36.6 Å². The second-order valence-electron chi connectivity index (χ2n) is 4.36. The van der Waals surface area contributed by atoms with E-state index < -0.39 is 0 Å². The first kappa shape index (κ1) is 17.4. The molecule has 0 fully saturated rings. The third-order valence-corrected chi connectivity index (χ3v) is 3.78. The summed E-state index contributed by atoms with van der Waals surface area (Å²) < 4.78 is 0. The van der Waals surface area contributed by atoms with Gasteiger partial charge in [-0.25, -0.2) is 0 Å². The van der Waals surface area contributed by atoms with Crippen LogP contribution in [0.25, 0.3) is 0 Å². The van der Waals surface area contributed by atoms with Crippen molar-refractivity contribution in [2.24, 2.45) is 0 Å². The Morgan fingerprint density at radius 3 is 2.72 bits per heavy atom. The number of carbonyl (C=O) groups excluding carboxylic acids is 1. The lowest BCUT2D eigenvalue weighted by Gasteiger charge is -2.11. The molecule has 1 aromatic rings. The first-order valence-corrected chi connectivity index (χ1v) is 6.92. The minimum absolute atomic E-state index is 0. The van der Waals surface area contributed by atoms with Crippen molar-refractivity contribution in [3.8, 4) is 0 Å². The summed E-state index contributed by atoms with van der Waals surface area (Å²) >= 11 is 1.82. The quantitative estimate of drug-likeness (QED) is 0.810. The van der Waals surface area contributed by atoms with Gasteiger partial charge in [0, 0.05) is 28.8 Å². The van der Waals surface area contributed by atoms with Crippen molar-refractivity contribution in [2.75, 3.05) is 13.6 Å². The van der Waals surface area contributed by atoms with Crippen LogP contribution in [0.15, 0.2) is 12.1 Å². The molecule has 104 valence electrons. The van der Waals surface area contributed by atoms with Crippen LogP contribution in [0, 0.1) is 6.92 Å². The molecule has 1 rings (SSSR count). The van der Waals surface area contributed by atoms with E-state index in [1.807, 2.05) is 18.4 Å². The molecule has 0 bridgehead atoms. The summed E-state index contributed by atoms with van der Waals surface area (Å²) in [5, 5.41) is 6.02. The fourth-order valence-corrected chi connectivity index (χ4v) is 2.43. The highest BCUT2D eigenvalue weighted by Crippen LogP contribution is 2.17. The van der Waals surface area contributed by atoms with Gasteiger partial charge in [0.1, 0.15) is 0 Å². The molecule has 2 N–H and O–H groups in total. The summed E-state index contributed by atoms with van der Waals surface area (Å²) in [6.45, 7) is 4.86. The van der Waals surface area contributed by atoms with Crippen molar-refractivity contribution in [1.29, 1.82) is 0 Å². The zero-order valence-corrected chi connectivity index (χ0v) is 12.9. The van der Waals surface area contributed by atoms with E-state index in [0.717, 1.165) is 12.8 Å². The molecule has 0 aromatic carbocycles. The molecular formula is C13H23ClN2OS. The van der Waals surface area contributed by atoms with Gasteiger partial charge >= 0.3 is 0 Å². The molecule has 1 aromatic heterocycles. The van der Waals surface area contributed by atoms with Crippen molar-refractivity contribution >= 4 is 29.7 Å². The van der Waals surface area contributed by atoms with E-state index >= 15 is 0 Å². The third kappa shape index (κ3) is 6.99. The molecule has 0 radical (unpaired) electrons. The maximum atomic E-state index is 11.5. The minimum Gasteiger partial charge on any atom is -0.355 e. The van der Waals surface area contributed by atoms with Crippen LogP contribution in [-0.2, 0) is 11.2 Å². The number of carbonyl (C=O) groups is 1. The lowest BCUT2D eigenvalue weighted by atomic mass is 10.2. The second kappa shape index (κ2) is 9.36. The number of amides is 1. The van der Waals surface area contributed by atoms with E-state index in [1.165, 1.54) is 9.75 Å². The molecule has 18 heavy (non-hydrogen) atoms. The first-order chi connectivity index (χ1) is 8.11. The lowest BCUT2D eigenvalue weighted by Crippen LogP contribution is -2.37. The maximum Gasteiger partial charge on any atom is 0.220 e. The summed E-state index contributed by atoms with van der Waals surface area (Å²) in [7, 11) is 1.90. The molecule has 0 spiro atoms. The van der Waals surface area contributed by atoms with Crippen LogP contribution in [-0.4, -0.2) is 25.5 Å². The Morgan fingerprint density at radius 2 is 2.17 bits per heavy atom. The fourth-order valence-electron chi connectivity index (χ4n) is 1.50. The third-order valence-electron chi connectivity index (χ3n) is 2.72. The van der Waals surface area contributed by atoms with Gasteiger partial charge in [-0.1, -0.05) is 0 Å². The second-order valence-corrected chi connectivity index (χ2v) is 5.73. The molecule has 0 saturated heterocycles. The molecule has 1 amide bonds. The average molecular weight is 291 g/mol. The van der Waals surface area contributed by atoms with Crippen LogP contribution in [0.3, 0.4) is 0 Å². The van der Waals surface area contributed by atoms with Gasteiger partial charge in [0.15, 0.2) is 0 Å². The number of hydrogen-bond acceptors (Lipinski definition) is 3. The SMILES string of the molecule is CNC(C)CNC(=O)CCCc1ccc(C)s1.Cl. The van der Waals surface area contributed by atoms with Crippen LogP contribution in [0.2, 0.25) is 0 Å². The molecule has 3 nitrogen and oxygen atoms in total. The Bertz CT molecular complexity index is 355. The van der Waals surface area contributed by atoms with Crippen molar-refractivity contribution in [3.05, 3.63) is 21.9 Å². The Balaban J connectivity index is 0.00000289. The molecular weight excluding hydrogens is 268 g/mol. The first-order valence-electron chi connectivity index (χ1n) is 6.11. The number of aryl methyl sites for hydroxylation is 2. The van der Waals surface area contributed by atoms with Crippen LogP contribution in [0.1, 0.15) is 29.5 Å². The Labute approximate surface area is 120 Å². The van der Waals surface area contributed by atoms with Gasteiger partial charge in [-0.3, -0.25) is 4.79 Å². The number of halogens is 1. The van der Waals surface area contributed by atoms with Gasteiger partial charge in [0.25, 0.3) is 0 Å². The van der Waals surface area contributed by atoms with Crippen LogP contribution in [0.5, 0.6) is 0 Å². The monoisotopic (exact) mass is 290 g/mol. The van der Waals surface area contributed by atoms with E-state index in [1.54, 1.807) is 0 Å². The zero-order chi connectivity index (χ0) is 12.7. The molecule has 0 aliphatic heterocycles. The van der Waals surface area contributed by atoms with E-state index in [0.29, 0.717) is 19.0 Å². The number of nitrogens with one attached hydrogen (secondary N) is 2. The van der Waals surface area contributed by atoms with Gasteiger partial charge in [-0.15, -0.1) is 23.7 Å². The molecule has 5 heteroatoms. The summed E-state index contributed by atoms with van der Waals surface area (Å²) in [5.41, 5.74) is 0. The summed E-state index contributed by atoms with van der Waals surface area (Å²) in [5.74, 6) is 0.153. The largest absolute Gasteiger partial charge is 0.355 e. The van der Waals surface area contributed by atoms with Crippen molar-refractivity contribution < 1.29 is 4.79 Å². The normalized spacial score (nSPS) is 11.7. The number of thiophene rings is 1. The average Bonchev–Trinajstić information content (AvgIpc) is 2.72. The lowest BCUT2D eigenvalue weighted by molar-refractivity contribution is -0.121. The van der Waals surface area contributed by atoms with Gasteiger partial charge in [-0.2, -0.15) is 0 Å². The molecule has 0 saturated carbocycles. The maximum absolute atomic E-state index is 11.5. The van der Waals surface area contributed by atoms with Crippen LogP contribution >= 0.6 is 23.7 Å². The summed E-state index contributed by atoms with van der Waals surface area (Å²) in [6.07, 6.45) is 2.56. The molecule has 0 aliphatic rings. The number of likely N-dealkylation sites (N-methyl/N-ethyl adjacent to an activating group) is 1. The van der Waals surface area contributed by atoms with E-state index in [9.17, 15) is 4.79 Å².